The van der Waals surface area contributed by atoms with Crippen molar-refractivity contribution in [1.29, 1.82) is 0 Å². The number of benzene rings is 2. The van der Waals surface area contributed by atoms with Gasteiger partial charge in [-0.3, -0.25) is 9.69 Å². The summed E-state index contributed by atoms with van der Waals surface area (Å²) in [6.45, 7) is 3.61. The molecular formula is C21H19FN4O3. The van der Waals surface area contributed by atoms with Gasteiger partial charge >= 0.3 is 6.03 Å². The van der Waals surface area contributed by atoms with Crippen LogP contribution in [0.3, 0.4) is 0 Å². The lowest BCUT2D eigenvalue weighted by Crippen LogP contribution is -2.43. The Bertz CT molecular complexity index is 1060. The van der Waals surface area contributed by atoms with Gasteiger partial charge in [0, 0.05) is 5.56 Å². The first kappa shape index (κ1) is 18.8. The maximum Gasteiger partial charge on any atom is 0.325 e. The molecule has 2 heterocycles. The molecule has 0 spiro atoms. The van der Waals surface area contributed by atoms with Crippen molar-refractivity contribution in [3.63, 3.8) is 0 Å². The van der Waals surface area contributed by atoms with Crippen LogP contribution in [0.25, 0.3) is 11.4 Å². The molecule has 1 aliphatic rings. The zero-order valence-corrected chi connectivity index (χ0v) is 16.0. The van der Waals surface area contributed by atoms with Gasteiger partial charge < -0.3 is 9.84 Å². The molecule has 0 aliphatic carbocycles. The highest BCUT2D eigenvalue weighted by Gasteiger charge is 2.51. The number of carbonyl (C=O) groups is 2. The standard InChI is InChI=1S/C21H19FN4O3/c1-3-21(15-8-10-16(22)11-9-15)19(27)26(20(28)24-21)12-17-23-18(25-29-17)14-6-4-13(2)5-7-14/h4-11H,3,12H2,1-2H3,(H,24,28). The number of halogens is 1. The van der Waals surface area contributed by atoms with Crippen LogP contribution in [-0.2, 0) is 16.9 Å². The smallest absolute Gasteiger partial charge is 0.325 e. The van der Waals surface area contributed by atoms with Gasteiger partial charge in [0.2, 0.25) is 11.7 Å². The van der Waals surface area contributed by atoms with Gasteiger partial charge in [-0.15, -0.1) is 0 Å². The van der Waals surface area contributed by atoms with Crippen molar-refractivity contribution in [3.8, 4) is 11.4 Å². The Morgan fingerprint density at radius 2 is 1.79 bits per heavy atom. The first-order valence-electron chi connectivity index (χ1n) is 9.23. The third kappa shape index (κ3) is 3.26. The van der Waals surface area contributed by atoms with E-state index in [9.17, 15) is 14.0 Å². The minimum absolute atomic E-state index is 0.146. The van der Waals surface area contributed by atoms with Gasteiger partial charge in [0.15, 0.2) is 0 Å². The highest BCUT2D eigenvalue weighted by Crippen LogP contribution is 2.33. The van der Waals surface area contributed by atoms with Gasteiger partial charge in [0.1, 0.15) is 17.9 Å². The van der Waals surface area contributed by atoms with Crippen LogP contribution in [0, 0.1) is 12.7 Å². The number of amides is 3. The first-order chi connectivity index (χ1) is 13.9. The second kappa shape index (κ2) is 7.12. The number of carbonyl (C=O) groups excluding carboxylic acids is 2. The minimum Gasteiger partial charge on any atom is -0.337 e. The van der Waals surface area contributed by atoms with E-state index in [-0.39, 0.29) is 12.4 Å². The van der Waals surface area contributed by atoms with E-state index in [2.05, 4.69) is 15.5 Å². The molecule has 1 atom stereocenters. The predicted molar refractivity (Wildman–Crippen MR) is 102 cm³/mol. The molecule has 148 valence electrons. The lowest BCUT2D eigenvalue weighted by molar-refractivity contribution is -0.132. The average molecular weight is 394 g/mol. The summed E-state index contributed by atoms with van der Waals surface area (Å²) < 4.78 is 18.5. The van der Waals surface area contributed by atoms with E-state index in [1.54, 1.807) is 6.92 Å². The van der Waals surface area contributed by atoms with E-state index in [0.29, 0.717) is 17.8 Å². The molecule has 4 rings (SSSR count). The molecule has 1 N–H and O–H groups in total. The van der Waals surface area contributed by atoms with Crippen molar-refractivity contribution in [2.75, 3.05) is 0 Å². The number of imide groups is 1. The van der Waals surface area contributed by atoms with E-state index in [4.69, 9.17) is 4.52 Å². The largest absolute Gasteiger partial charge is 0.337 e. The topological polar surface area (TPSA) is 88.3 Å². The third-order valence-electron chi connectivity index (χ3n) is 5.11. The van der Waals surface area contributed by atoms with Crippen molar-refractivity contribution in [1.82, 2.24) is 20.4 Å². The molecule has 3 amide bonds. The zero-order chi connectivity index (χ0) is 20.6. The molecule has 1 unspecified atom stereocenters. The fraction of sp³-hybridized carbons (Fsp3) is 0.238. The molecule has 1 aliphatic heterocycles. The summed E-state index contributed by atoms with van der Waals surface area (Å²) in [7, 11) is 0. The number of nitrogens with zero attached hydrogens (tertiary/aromatic N) is 3. The first-order valence-corrected chi connectivity index (χ1v) is 9.23. The average Bonchev–Trinajstić information content (AvgIpc) is 3.28. The second-order valence-corrected chi connectivity index (χ2v) is 6.96. The summed E-state index contributed by atoms with van der Waals surface area (Å²) in [6.07, 6.45) is 0.318. The van der Waals surface area contributed by atoms with Gasteiger partial charge in [-0.2, -0.15) is 4.98 Å². The number of nitrogens with one attached hydrogen (secondary N) is 1. The molecule has 7 nitrogen and oxygen atoms in total. The fourth-order valence-corrected chi connectivity index (χ4v) is 3.42. The molecule has 0 saturated carbocycles. The van der Waals surface area contributed by atoms with Gasteiger partial charge in [-0.1, -0.05) is 54.0 Å². The van der Waals surface area contributed by atoms with Gasteiger partial charge in [-0.05, 0) is 31.0 Å². The molecule has 0 radical (unpaired) electrons. The Morgan fingerprint density at radius 3 is 2.45 bits per heavy atom. The number of hydrogen-bond donors (Lipinski definition) is 1. The number of hydrogen-bond acceptors (Lipinski definition) is 5. The van der Waals surface area contributed by atoms with Crippen LogP contribution in [0.2, 0.25) is 0 Å². The molecule has 2 aromatic carbocycles. The third-order valence-corrected chi connectivity index (χ3v) is 5.11. The normalized spacial score (nSPS) is 18.9. The Labute approximate surface area is 166 Å². The minimum atomic E-state index is -1.25. The highest BCUT2D eigenvalue weighted by molar-refractivity contribution is 6.07. The molecule has 0 bridgehead atoms. The van der Waals surface area contributed by atoms with Crippen molar-refractivity contribution in [3.05, 3.63) is 71.4 Å². The Morgan fingerprint density at radius 1 is 1.10 bits per heavy atom. The Kier molecular flexibility index (Phi) is 4.62. The fourth-order valence-electron chi connectivity index (χ4n) is 3.42. The van der Waals surface area contributed by atoms with Crippen molar-refractivity contribution < 1.29 is 18.5 Å². The second-order valence-electron chi connectivity index (χ2n) is 6.96. The zero-order valence-electron chi connectivity index (χ0n) is 16.0. The highest BCUT2D eigenvalue weighted by atomic mass is 19.1. The number of urea groups is 1. The van der Waals surface area contributed by atoms with Crippen molar-refractivity contribution in [2.45, 2.75) is 32.4 Å². The SMILES string of the molecule is CCC1(c2ccc(F)cc2)NC(=O)N(Cc2nc(-c3ccc(C)cc3)no2)C1=O. The van der Waals surface area contributed by atoms with Crippen LogP contribution in [-0.4, -0.2) is 27.0 Å². The number of rotatable bonds is 5. The molecule has 1 fully saturated rings. The Hall–Kier alpha value is -3.55. The molecule has 3 aromatic rings. The Balaban J connectivity index is 1.58. The van der Waals surface area contributed by atoms with E-state index < -0.39 is 23.3 Å². The van der Waals surface area contributed by atoms with Crippen LogP contribution in [0.15, 0.2) is 53.1 Å². The molecule has 1 saturated heterocycles. The molecule has 8 heteroatoms. The monoisotopic (exact) mass is 394 g/mol. The van der Waals surface area contributed by atoms with Crippen LogP contribution < -0.4 is 5.32 Å². The van der Waals surface area contributed by atoms with Crippen LogP contribution in [0.5, 0.6) is 0 Å². The summed E-state index contributed by atoms with van der Waals surface area (Å²) in [5.74, 6) is -0.322. The summed E-state index contributed by atoms with van der Waals surface area (Å²) in [6, 6.07) is 12.6. The van der Waals surface area contributed by atoms with Crippen molar-refractivity contribution in [2.24, 2.45) is 0 Å². The van der Waals surface area contributed by atoms with Gasteiger partial charge in [0.25, 0.3) is 5.91 Å². The van der Waals surface area contributed by atoms with Crippen LogP contribution in [0.4, 0.5) is 9.18 Å². The van der Waals surface area contributed by atoms with E-state index in [1.807, 2.05) is 31.2 Å². The van der Waals surface area contributed by atoms with Crippen molar-refractivity contribution >= 4 is 11.9 Å². The van der Waals surface area contributed by atoms with Crippen LogP contribution >= 0.6 is 0 Å². The van der Waals surface area contributed by atoms with Crippen LogP contribution in [0.1, 0.15) is 30.4 Å². The maximum atomic E-state index is 13.3. The van der Waals surface area contributed by atoms with E-state index in [0.717, 1.165) is 16.0 Å². The lowest BCUT2D eigenvalue weighted by atomic mass is 9.87. The predicted octanol–water partition coefficient (Wildman–Crippen LogP) is 3.54. The quantitative estimate of drug-likeness (QED) is 0.669. The molecular weight excluding hydrogens is 375 g/mol. The van der Waals surface area contributed by atoms with E-state index in [1.165, 1.54) is 24.3 Å². The maximum absolute atomic E-state index is 13.3. The summed E-state index contributed by atoms with van der Waals surface area (Å²) >= 11 is 0. The lowest BCUT2D eigenvalue weighted by Gasteiger charge is -2.25. The summed E-state index contributed by atoms with van der Waals surface area (Å²) in [4.78, 5) is 31.0. The van der Waals surface area contributed by atoms with Gasteiger partial charge in [0.05, 0.1) is 0 Å². The summed E-state index contributed by atoms with van der Waals surface area (Å²) in [5.41, 5.74) is 1.16. The number of aromatic nitrogens is 2. The van der Waals surface area contributed by atoms with Gasteiger partial charge in [-0.25, -0.2) is 9.18 Å². The molecule has 1 aromatic heterocycles. The molecule has 29 heavy (non-hydrogen) atoms. The van der Waals surface area contributed by atoms with E-state index >= 15 is 0 Å². The summed E-state index contributed by atoms with van der Waals surface area (Å²) in [5, 5.41) is 6.68. The number of aryl methyl sites for hydroxylation is 1.